The van der Waals surface area contributed by atoms with Crippen molar-refractivity contribution in [3.63, 3.8) is 0 Å². The van der Waals surface area contributed by atoms with Crippen molar-refractivity contribution in [1.82, 2.24) is 10.2 Å². The van der Waals surface area contributed by atoms with Gasteiger partial charge in [0.05, 0.1) is 0 Å². The summed E-state index contributed by atoms with van der Waals surface area (Å²) >= 11 is 5.88. The van der Waals surface area contributed by atoms with Crippen LogP contribution in [0.15, 0.2) is 24.3 Å². The first-order chi connectivity index (χ1) is 7.74. The number of hydrogen-bond donors (Lipinski definition) is 1. The van der Waals surface area contributed by atoms with Crippen LogP contribution >= 0.6 is 11.6 Å². The van der Waals surface area contributed by atoms with Crippen molar-refractivity contribution in [2.24, 2.45) is 5.92 Å². The first-order valence-corrected chi connectivity index (χ1v) is 6.29. The molecule has 1 unspecified atom stereocenters. The summed E-state index contributed by atoms with van der Waals surface area (Å²) in [6, 6.07) is 8.17. The Morgan fingerprint density at radius 1 is 1.38 bits per heavy atom. The lowest BCUT2D eigenvalue weighted by Crippen LogP contribution is -2.28. The minimum atomic E-state index is 0.731. The average molecular weight is 239 g/mol. The second-order valence-electron chi connectivity index (χ2n) is 4.67. The molecular formula is C13H19ClN2. The van der Waals surface area contributed by atoms with Gasteiger partial charge in [0.25, 0.3) is 0 Å². The fourth-order valence-electron chi connectivity index (χ4n) is 2.17. The largest absolute Gasteiger partial charge is 0.315 e. The molecule has 2 rings (SSSR count). The lowest BCUT2D eigenvalue weighted by Gasteiger charge is -2.21. The molecular weight excluding hydrogens is 220 g/mol. The maximum Gasteiger partial charge on any atom is 0.0406 e. The fraction of sp³-hybridized carbons (Fsp3) is 0.538. The van der Waals surface area contributed by atoms with Gasteiger partial charge in [0.2, 0.25) is 0 Å². The van der Waals surface area contributed by atoms with E-state index in [9.17, 15) is 0 Å². The summed E-state index contributed by atoms with van der Waals surface area (Å²) in [7, 11) is 0. The minimum absolute atomic E-state index is 0.731. The van der Waals surface area contributed by atoms with Crippen molar-refractivity contribution in [3.05, 3.63) is 34.9 Å². The van der Waals surface area contributed by atoms with Gasteiger partial charge in [0.15, 0.2) is 0 Å². The SMILES string of the molecule is CC1CNCCN(Cc2ccc(Cl)cc2)C1. The van der Waals surface area contributed by atoms with Crippen LogP contribution in [0.1, 0.15) is 12.5 Å². The van der Waals surface area contributed by atoms with Crippen LogP contribution in [0.4, 0.5) is 0 Å². The van der Waals surface area contributed by atoms with Crippen molar-refractivity contribution in [3.8, 4) is 0 Å². The highest BCUT2D eigenvalue weighted by molar-refractivity contribution is 6.30. The first-order valence-electron chi connectivity index (χ1n) is 5.91. The molecule has 1 aliphatic heterocycles. The first kappa shape index (κ1) is 11.9. The minimum Gasteiger partial charge on any atom is -0.315 e. The molecule has 0 spiro atoms. The van der Waals surface area contributed by atoms with Crippen molar-refractivity contribution in [2.45, 2.75) is 13.5 Å². The van der Waals surface area contributed by atoms with Crippen LogP contribution in [-0.4, -0.2) is 31.1 Å². The molecule has 0 aliphatic carbocycles. The molecule has 88 valence electrons. The molecule has 0 radical (unpaired) electrons. The van der Waals surface area contributed by atoms with Crippen LogP contribution in [0, 0.1) is 5.92 Å². The van der Waals surface area contributed by atoms with E-state index >= 15 is 0 Å². The zero-order valence-electron chi connectivity index (χ0n) is 9.75. The summed E-state index contributed by atoms with van der Waals surface area (Å²) in [5.41, 5.74) is 1.35. The zero-order chi connectivity index (χ0) is 11.4. The summed E-state index contributed by atoms with van der Waals surface area (Å²) < 4.78 is 0. The van der Waals surface area contributed by atoms with Gasteiger partial charge in [-0.25, -0.2) is 0 Å². The van der Waals surface area contributed by atoms with E-state index in [0.717, 1.165) is 37.1 Å². The third-order valence-electron chi connectivity index (χ3n) is 2.99. The van der Waals surface area contributed by atoms with E-state index in [1.165, 1.54) is 12.1 Å². The molecule has 1 aromatic rings. The molecule has 0 amide bonds. The number of nitrogens with zero attached hydrogens (tertiary/aromatic N) is 1. The molecule has 1 fully saturated rings. The number of rotatable bonds is 2. The second kappa shape index (κ2) is 5.67. The lowest BCUT2D eigenvalue weighted by molar-refractivity contribution is 0.257. The topological polar surface area (TPSA) is 15.3 Å². The van der Waals surface area contributed by atoms with Crippen molar-refractivity contribution in [1.29, 1.82) is 0 Å². The highest BCUT2D eigenvalue weighted by atomic mass is 35.5. The molecule has 1 saturated heterocycles. The van der Waals surface area contributed by atoms with Crippen LogP contribution < -0.4 is 5.32 Å². The third-order valence-corrected chi connectivity index (χ3v) is 3.24. The molecule has 16 heavy (non-hydrogen) atoms. The van der Waals surface area contributed by atoms with Gasteiger partial charge in [-0.1, -0.05) is 30.7 Å². The maximum absolute atomic E-state index is 5.88. The Morgan fingerprint density at radius 3 is 2.88 bits per heavy atom. The van der Waals surface area contributed by atoms with Crippen LogP contribution in [0.25, 0.3) is 0 Å². The van der Waals surface area contributed by atoms with Gasteiger partial charge in [-0.2, -0.15) is 0 Å². The van der Waals surface area contributed by atoms with Gasteiger partial charge in [0.1, 0.15) is 0 Å². The van der Waals surface area contributed by atoms with Crippen molar-refractivity contribution < 1.29 is 0 Å². The smallest absolute Gasteiger partial charge is 0.0406 e. The number of halogens is 1. The molecule has 0 aromatic heterocycles. The van der Waals surface area contributed by atoms with Gasteiger partial charge >= 0.3 is 0 Å². The highest BCUT2D eigenvalue weighted by Gasteiger charge is 2.13. The molecule has 0 bridgehead atoms. The van der Waals surface area contributed by atoms with Crippen molar-refractivity contribution in [2.75, 3.05) is 26.2 Å². The Labute approximate surface area is 103 Å². The molecule has 1 aliphatic rings. The van der Waals surface area contributed by atoms with E-state index in [1.54, 1.807) is 0 Å². The van der Waals surface area contributed by atoms with Gasteiger partial charge in [-0.15, -0.1) is 0 Å². The Kier molecular flexibility index (Phi) is 4.22. The number of hydrogen-bond acceptors (Lipinski definition) is 2. The predicted molar refractivity (Wildman–Crippen MR) is 68.8 cm³/mol. The second-order valence-corrected chi connectivity index (χ2v) is 5.11. The fourth-order valence-corrected chi connectivity index (χ4v) is 2.30. The predicted octanol–water partition coefficient (Wildman–Crippen LogP) is 2.38. The zero-order valence-corrected chi connectivity index (χ0v) is 10.5. The molecule has 1 heterocycles. The quantitative estimate of drug-likeness (QED) is 0.851. The molecule has 1 N–H and O–H groups in total. The summed E-state index contributed by atoms with van der Waals surface area (Å²) in [6.45, 7) is 7.87. The van der Waals surface area contributed by atoms with Crippen LogP contribution in [0.2, 0.25) is 5.02 Å². The third kappa shape index (κ3) is 3.48. The Bertz CT molecular complexity index is 323. The average Bonchev–Trinajstić information content (AvgIpc) is 2.46. The highest BCUT2D eigenvalue weighted by Crippen LogP contribution is 2.13. The van der Waals surface area contributed by atoms with E-state index in [2.05, 4.69) is 29.3 Å². The monoisotopic (exact) mass is 238 g/mol. The number of nitrogens with one attached hydrogen (secondary N) is 1. The van der Waals surface area contributed by atoms with E-state index in [0.29, 0.717) is 0 Å². The van der Waals surface area contributed by atoms with Gasteiger partial charge in [-0.05, 0) is 30.2 Å². The van der Waals surface area contributed by atoms with E-state index in [4.69, 9.17) is 11.6 Å². The van der Waals surface area contributed by atoms with E-state index < -0.39 is 0 Å². The molecule has 1 aromatic carbocycles. The Balaban J connectivity index is 1.95. The number of benzene rings is 1. The lowest BCUT2D eigenvalue weighted by atomic mass is 10.1. The summed E-state index contributed by atoms with van der Waals surface area (Å²) in [4.78, 5) is 2.51. The normalized spacial score (nSPS) is 23.0. The molecule has 0 saturated carbocycles. The van der Waals surface area contributed by atoms with Gasteiger partial charge in [-0.3, -0.25) is 4.90 Å². The van der Waals surface area contributed by atoms with E-state index in [1.807, 2.05) is 12.1 Å². The van der Waals surface area contributed by atoms with Crippen molar-refractivity contribution >= 4 is 11.6 Å². The maximum atomic E-state index is 5.88. The summed E-state index contributed by atoms with van der Waals surface area (Å²) in [5.74, 6) is 0.731. The standard InChI is InChI=1S/C13H19ClN2/c1-11-8-15-6-7-16(9-11)10-12-2-4-13(14)5-3-12/h2-5,11,15H,6-10H2,1H3. The molecule has 3 heteroatoms. The molecule has 2 nitrogen and oxygen atoms in total. The summed E-state index contributed by atoms with van der Waals surface area (Å²) in [5, 5.41) is 4.27. The van der Waals surface area contributed by atoms with Crippen LogP contribution in [0.3, 0.4) is 0 Å². The van der Waals surface area contributed by atoms with Crippen LogP contribution in [-0.2, 0) is 6.54 Å². The summed E-state index contributed by atoms with van der Waals surface area (Å²) in [6.07, 6.45) is 0. The Hall–Kier alpha value is -0.570. The van der Waals surface area contributed by atoms with Crippen LogP contribution in [0.5, 0.6) is 0 Å². The van der Waals surface area contributed by atoms with E-state index in [-0.39, 0.29) is 0 Å². The van der Waals surface area contributed by atoms with Gasteiger partial charge < -0.3 is 5.32 Å². The molecule has 1 atom stereocenters. The Morgan fingerprint density at radius 2 is 2.12 bits per heavy atom. The van der Waals surface area contributed by atoms with Gasteiger partial charge in [0, 0.05) is 31.2 Å².